The maximum absolute atomic E-state index is 12.2. The molecule has 0 fully saturated rings. The third kappa shape index (κ3) is 5.01. The normalized spacial score (nSPS) is 10.5. The monoisotopic (exact) mass is 335 g/mol. The summed E-state index contributed by atoms with van der Waals surface area (Å²) in [4.78, 5) is 25.1. The standard InChI is InChI=1S/C18H25NO5/c1-6-7-10-19(13(2)20)17(21)9-8-14-11-15(22-3)18(24-5)16(12-14)23-4/h8-9,11-12H,6-7,10H2,1-5H3/b9-8+. The van der Waals surface area contributed by atoms with Gasteiger partial charge in [-0.2, -0.15) is 0 Å². The van der Waals surface area contributed by atoms with E-state index in [1.165, 1.54) is 39.2 Å². The molecule has 0 unspecified atom stereocenters. The molecule has 0 aromatic heterocycles. The molecule has 0 aliphatic heterocycles. The second-order valence-electron chi connectivity index (χ2n) is 5.15. The van der Waals surface area contributed by atoms with Gasteiger partial charge in [0.05, 0.1) is 21.3 Å². The lowest BCUT2D eigenvalue weighted by atomic mass is 10.1. The Bertz CT molecular complexity index is 584. The number of amides is 2. The lowest BCUT2D eigenvalue weighted by Gasteiger charge is -2.16. The first kappa shape index (κ1) is 19.5. The van der Waals surface area contributed by atoms with E-state index in [0.29, 0.717) is 29.4 Å². The van der Waals surface area contributed by atoms with Crippen LogP contribution in [0.1, 0.15) is 32.3 Å². The summed E-state index contributed by atoms with van der Waals surface area (Å²) in [6.45, 7) is 3.82. The van der Waals surface area contributed by atoms with Gasteiger partial charge in [0.2, 0.25) is 11.7 Å². The molecule has 24 heavy (non-hydrogen) atoms. The van der Waals surface area contributed by atoms with E-state index in [2.05, 4.69) is 0 Å². The Morgan fingerprint density at radius 3 is 2.08 bits per heavy atom. The number of nitrogens with zero attached hydrogens (tertiary/aromatic N) is 1. The molecule has 0 radical (unpaired) electrons. The number of hydrogen-bond acceptors (Lipinski definition) is 5. The van der Waals surface area contributed by atoms with Crippen LogP contribution in [0.4, 0.5) is 0 Å². The Balaban J connectivity index is 3.04. The highest BCUT2D eigenvalue weighted by Crippen LogP contribution is 2.38. The molecular weight excluding hydrogens is 310 g/mol. The van der Waals surface area contributed by atoms with Gasteiger partial charge in [-0.15, -0.1) is 0 Å². The van der Waals surface area contributed by atoms with Crippen molar-refractivity contribution in [3.63, 3.8) is 0 Å². The molecule has 0 aliphatic carbocycles. The molecule has 0 saturated carbocycles. The van der Waals surface area contributed by atoms with Gasteiger partial charge in [-0.05, 0) is 30.2 Å². The number of imide groups is 1. The minimum absolute atomic E-state index is 0.261. The first-order valence-electron chi connectivity index (χ1n) is 7.78. The van der Waals surface area contributed by atoms with E-state index in [0.717, 1.165) is 12.8 Å². The second-order valence-corrected chi connectivity index (χ2v) is 5.15. The summed E-state index contributed by atoms with van der Waals surface area (Å²) in [5.74, 6) is 0.876. The highest BCUT2D eigenvalue weighted by Gasteiger charge is 2.15. The summed E-state index contributed by atoms with van der Waals surface area (Å²) >= 11 is 0. The van der Waals surface area contributed by atoms with E-state index in [9.17, 15) is 9.59 Å². The minimum Gasteiger partial charge on any atom is -0.493 e. The zero-order valence-electron chi connectivity index (χ0n) is 14.9. The molecule has 2 amide bonds. The molecule has 0 aliphatic rings. The van der Waals surface area contributed by atoms with Crippen molar-refractivity contribution < 1.29 is 23.8 Å². The third-order valence-corrected chi connectivity index (χ3v) is 3.49. The Kier molecular flexibility index (Phi) is 7.82. The van der Waals surface area contributed by atoms with Crippen molar-refractivity contribution in [3.8, 4) is 17.2 Å². The van der Waals surface area contributed by atoms with Gasteiger partial charge in [-0.3, -0.25) is 14.5 Å². The molecule has 1 rings (SSSR count). The van der Waals surface area contributed by atoms with Crippen LogP contribution in [0.3, 0.4) is 0 Å². The van der Waals surface area contributed by atoms with Gasteiger partial charge in [0.25, 0.3) is 5.91 Å². The fraction of sp³-hybridized carbons (Fsp3) is 0.444. The Morgan fingerprint density at radius 2 is 1.67 bits per heavy atom. The van der Waals surface area contributed by atoms with Gasteiger partial charge in [0.15, 0.2) is 11.5 Å². The topological polar surface area (TPSA) is 65.1 Å². The fourth-order valence-electron chi connectivity index (χ4n) is 2.19. The highest BCUT2D eigenvalue weighted by atomic mass is 16.5. The van der Waals surface area contributed by atoms with Gasteiger partial charge in [0.1, 0.15) is 0 Å². The first-order valence-corrected chi connectivity index (χ1v) is 7.78. The van der Waals surface area contributed by atoms with E-state index >= 15 is 0 Å². The van der Waals surface area contributed by atoms with E-state index < -0.39 is 0 Å². The van der Waals surface area contributed by atoms with Crippen molar-refractivity contribution in [2.24, 2.45) is 0 Å². The second kappa shape index (κ2) is 9.60. The predicted octanol–water partition coefficient (Wildman–Crippen LogP) is 2.90. The van der Waals surface area contributed by atoms with Crippen LogP contribution in [0.5, 0.6) is 17.2 Å². The molecule has 0 spiro atoms. The van der Waals surface area contributed by atoms with Crippen LogP contribution in [0.25, 0.3) is 6.08 Å². The van der Waals surface area contributed by atoms with E-state index in [4.69, 9.17) is 14.2 Å². The zero-order chi connectivity index (χ0) is 18.1. The maximum Gasteiger partial charge on any atom is 0.253 e. The van der Waals surface area contributed by atoms with Crippen LogP contribution in [0, 0.1) is 0 Å². The van der Waals surface area contributed by atoms with Gasteiger partial charge in [-0.25, -0.2) is 0 Å². The summed E-state index contributed by atoms with van der Waals surface area (Å²) < 4.78 is 15.8. The number of rotatable bonds is 8. The zero-order valence-corrected chi connectivity index (χ0v) is 14.9. The number of methoxy groups -OCH3 is 3. The Hall–Kier alpha value is -2.50. The average Bonchev–Trinajstić information content (AvgIpc) is 2.58. The number of carbonyl (C=O) groups excluding carboxylic acids is 2. The third-order valence-electron chi connectivity index (χ3n) is 3.49. The van der Waals surface area contributed by atoms with Gasteiger partial charge >= 0.3 is 0 Å². The minimum atomic E-state index is -0.343. The van der Waals surface area contributed by atoms with Crippen LogP contribution in [0.15, 0.2) is 18.2 Å². The van der Waals surface area contributed by atoms with Crippen LogP contribution < -0.4 is 14.2 Å². The van der Waals surface area contributed by atoms with E-state index in [-0.39, 0.29) is 11.8 Å². The van der Waals surface area contributed by atoms with Crippen LogP contribution in [-0.4, -0.2) is 44.6 Å². The van der Waals surface area contributed by atoms with Crippen LogP contribution >= 0.6 is 0 Å². The summed E-state index contributed by atoms with van der Waals surface area (Å²) in [6, 6.07) is 3.46. The van der Waals surface area contributed by atoms with E-state index in [1.807, 2.05) is 6.92 Å². The lowest BCUT2D eigenvalue weighted by Crippen LogP contribution is -2.34. The highest BCUT2D eigenvalue weighted by molar-refractivity contribution is 6.02. The Morgan fingerprint density at radius 1 is 1.08 bits per heavy atom. The SMILES string of the molecule is CCCCN(C(C)=O)C(=O)/C=C/c1cc(OC)c(OC)c(OC)c1. The predicted molar refractivity (Wildman–Crippen MR) is 92.4 cm³/mol. The molecule has 0 heterocycles. The van der Waals surface area contributed by atoms with Gasteiger partial charge in [0, 0.05) is 19.5 Å². The smallest absolute Gasteiger partial charge is 0.253 e. The number of ether oxygens (including phenoxy) is 3. The molecule has 6 heteroatoms. The summed E-state index contributed by atoms with van der Waals surface area (Å²) in [6.07, 6.45) is 4.68. The quantitative estimate of drug-likeness (QED) is 0.684. The van der Waals surface area contributed by atoms with Crippen LogP contribution in [-0.2, 0) is 9.59 Å². The summed E-state index contributed by atoms with van der Waals surface area (Å²) in [5, 5.41) is 0. The number of carbonyl (C=O) groups is 2. The largest absolute Gasteiger partial charge is 0.493 e. The molecule has 1 aromatic rings. The van der Waals surface area contributed by atoms with Crippen molar-refractivity contribution >= 4 is 17.9 Å². The van der Waals surface area contributed by atoms with Gasteiger partial charge in [-0.1, -0.05) is 13.3 Å². The molecule has 6 nitrogen and oxygen atoms in total. The first-order chi connectivity index (χ1) is 11.5. The summed E-state index contributed by atoms with van der Waals surface area (Å²) in [5.41, 5.74) is 0.705. The van der Waals surface area contributed by atoms with Crippen molar-refractivity contribution in [2.75, 3.05) is 27.9 Å². The molecule has 0 bridgehead atoms. The molecule has 0 saturated heterocycles. The molecular formula is C18H25NO5. The molecule has 1 aromatic carbocycles. The fourth-order valence-corrected chi connectivity index (χ4v) is 2.19. The van der Waals surface area contributed by atoms with Crippen molar-refractivity contribution in [1.29, 1.82) is 0 Å². The number of unbranched alkanes of at least 4 members (excludes halogenated alkanes) is 1. The lowest BCUT2D eigenvalue weighted by molar-refractivity contribution is -0.140. The van der Waals surface area contributed by atoms with Crippen molar-refractivity contribution in [1.82, 2.24) is 4.90 Å². The number of hydrogen-bond donors (Lipinski definition) is 0. The summed E-state index contributed by atoms with van der Waals surface area (Å²) in [7, 11) is 4.58. The molecule has 0 N–H and O–H groups in total. The molecule has 132 valence electrons. The van der Waals surface area contributed by atoms with Crippen LogP contribution in [0.2, 0.25) is 0 Å². The average molecular weight is 335 g/mol. The number of benzene rings is 1. The van der Waals surface area contributed by atoms with E-state index in [1.54, 1.807) is 18.2 Å². The van der Waals surface area contributed by atoms with Gasteiger partial charge < -0.3 is 14.2 Å². The Labute approximate surface area is 143 Å². The van der Waals surface area contributed by atoms with Crippen molar-refractivity contribution in [2.45, 2.75) is 26.7 Å². The van der Waals surface area contributed by atoms with Crippen molar-refractivity contribution in [3.05, 3.63) is 23.8 Å². The maximum atomic E-state index is 12.2. The molecule has 0 atom stereocenters.